The van der Waals surface area contributed by atoms with Crippen molar-refractivity contribution in [1.82, 2.24) is 0 Å². The molecular formula is C25H30O6. The van der Waals surface area contributed by atoms with Crippen LogP contribution in [0.4, 0.5) is 0 Å². The Bertz CT molecular complexity index is 822. The predicted octanol–water partition coefficient (Wildman–Crippen LogP) is 5.20. The van der Waals surface area contributed by atoms with Gasteiger partial charge in [0.1, 0.15) is 18.1 Å². The van der Waals surface area contributed by atoms with Gasteiger partial charge in [-0.15, -0.1) is 0 Å². The Morgan fingerprint density at radius 3 is 2.23 bits per heavy atom. The number of ether oxygens (including phenoxy) is 4. The van der Waals surface area contributed by atoms with Gasteiger partial charge in [0.25, 0.3) is 0 Å². The highest BCUT2D eigenvalue weighted by atomic mass is 16.6. The molecule has 0 spiro atoms. The summed E-state index contributed by atoms with van der Waals surface area (Å²) >= 11 is 0. The highest BCUT2D eigenvalue weighted by Gasteiger charge is 2.18. The molecule has 0 bridgehead atoms. The van der Waals surface area contributed by atoms with E-state index >= 15 is 0 Å². The molecule has 1 aliphatic heterocycles. The molecule has 2 aromatic carbocycles. The Morgan fingerprint density at radius 2 is 1.58 bits per heavy atom. The SMILES string of the molecule is CCCCCCOc1ccc(C(=O)Oc2ccc(C(=O)OCC3CCCO3)cc2)cc1. The summed E-state index contributed by atoms with van der Waals surface area (Å²) in [5, 5.41) is 0. The first-order valence-electron chi connectivity index (χ1n) is 11.0. The quantitative estimate of drug-likeness (QED) is 0.279. The molecule has 0 amide bonds. The first kappa shape index (κ1) is 22.8. The minimum atomic E-state index is -0.469. The highest BCUT2D eigenvalue weighted by Crippen LogP contribution is 2.18. The van der Waals surface area contributed by atoms with Crippen LogP contribution in [0, 0.1) is 0 Å². The van der Waals surface area contributed by atoms with Gasteiger partial charge in [0.15, 0.2) is 0 Å². The van der Waals surface area contributed by atoms with Crippen molar-refractivity contribution >= 4 is 11.9 Å². The van der Waals surface area contributed by atoms with Crippen molar-refractivity contribution in [3.05, 3.63) is 59.7 Å². The van der Waals surface area contributed by atoms with Crippen LogP contribution in [0.5, 0.6) is 11.5 Å². The van der Waals surface area contributed by atoms with Crippen LogP contribution >= 0.6 is 0 Å². The first-order valence-corrected chi connectivity index (χ1v) is 11.0. The van der Waals surface area contributed by atoms with E-state index in [1.165, 1.54) is 12.8 Å². The van der Waals surface area contributed by atoms with E-state index in [4.69, 9.17) is 18.9 Å². The fourth-order valence-electron chi connectivity index (χ4n) is 3.26. The molecule has 31 heavy (non-hydrogen) atoms. The van der Waals surface area contributed by atoms with E-state index < -0.39 is 11.9 Å². The molecule has 0 aromatic heterocycles. The number of hydrogen-bond acceptors (Lipinski definition) is 6. The fraction of sp³-hybridized carbons (Fsp3) is 0.440. The van der Waals surface area contributed by atoms with Gasteiger partial charge in [-0.3, -0.25) is 0 Å². The maximum atomic E-state index is 12.4. The lowest BCUT2D eigenvalue weighted by Gasteiger charge is -2.10. The second-order valence-electron chi connectivity index (χ2n) is 7.58. The van der Waals surface area contributed by atoms with Crippen molar-refractivity contribution in [2.24, 2.45) is 0 Å². The fourth-order valence-corrected chi connectivity index (χ4v) is 3.26. The summed E-state index contributed by atoms with van der Waals surface area (Å²) in [5.41, 5.74) is 0.830. The molecule has 2 aromatic rings. The van der Waals surface area contributed by atoms with Crippen molar-refractivity contribution in [2.75, 3.05) is 19.8 Å². The molecule has 3 rings (SSSR count). The second kappa shape index (κ2) is 12.1. The Balaban J connectivity index is 1.44. The van der Waals surface area contributed by atoms with Crippen molar-refractivity contribution < 1.29 is 28.5 Å². The van der Waals surface area contributed by atoms with Crippen LogP contribution in [-0.4, -0.2) is 37.9 Å². The van der Waals surface area contributed by atoms with E-state index in [2.05, 4.69) is 6.92 Å². The number of esters is 2. The summed E-state index contributed by atoms with van der Waals surface area (Å²) in [7, 11) is 0. The molecule has 0 radical (unpaired) electrons. The van der Waals surface area contributed by atoms with Gasteiger partial charge in [-0.05, 0) is 67.8 Å². The Kier molecular flexibility index (Phi) is 8.91. The van der Waals surface area contributed by atoms with Crippen LogP contribution in [0.1, 0.15) is 66.2 Å². The maximum Gasteiger partial charge on any atom is 0.343 e. The van der Waals surface area contributed by atoms with Gasteiger partial charge >= 0.3 is 11.9 Å². The molecule has 0 N–H and O–H groups in total. The minimum absolute atomic E-state index is 0.0120. The minimum Gasteiger partial charge on any atom is -0.494 e. The van der Waals surface area contributed by atoms with Crippen molar-refractivity contribution in [1.29, 1.82) is 0 Å². The lowest BCUT2D eigenvalue weighted by atomic mass is 10.2. The summed E-state index contributed by atoms with van der Waals surface area (Å²) < 4.78 is 21.8. The summed E-state index contributed by atoms with van der Waals surface area (Å²) in [5.74, 6) is 0.206. The average Bonchev–Trinajstić information content (AvgIpc) is 3.32. The number of carbonyl (C=O) groups is 2. The third-order valence-corrected chi connectivity index (χ3v) is 5.08. The Morgan fingerprint density at radius 1 is 0.903 bits per heavy atom. The molecule has 1 atom stereocenters. The number of unbranched alkanes of at least 4 members (excludes halogenated alkanes) is 3. The summed E-state index contributed by atoms with van der Waals surface area (Å²) in [6.07, 6.45) is 6.49. The normalized spacial score (nSPS) is 15.5. The zero-order valence-electron chi connectivity index (χ0n) is 18.0. The van der Waals surface area contributed by atoms with Gasteiger partial charge < -0.3 is 18.9 Å². The standard InChI is InChI=1S/C25H30O6/c1-2-3-4-5-16-28-21-12-8-20(9-13-21)25(27)31-22-14-10-19(11-15-22)24(26)30-18-23-7-6-17-29-23/h8-15,23H,2-7,16-18H2,1H3. The van der Waals surface area contributed by atoms with Crippen molar-refractivity contribution in [2.45, 2.75) is 51.6 Å². The molecule has 1 unspecified atom stereocenters. The predicted molar refractivity (Wildman–Crippen MR) is 117 cm³/mol. The van der Waals surface area contributed by atoms with Crippen molar-refractivity contribution in [3.63, 3.8) is 0 Å². The largest absolute Gasteiger partial charge is 0.494 e. The second-order valence-corrected chi connectivity index (χ2v) is 7.58. The number of benzene rings is 2. The molecule has 1 fully saturated rings. The van der Waals surface area contributed by atoms with Crippen LogP contribution in [0.3, 0.4) is 0 Å². The lowest BCUT2D eigenvalue weighted by molar-refractivity contribution is 0.0161. The van der Waals surface area contributed by atoms with Crippen LogP contribution in [-0.2, 0) is 9.47 Å². The van der Waals surface area contributed by atoms with Gasteiger partial charge in [-0.1, -0.05) is 26.2 Å². The topological polar surface area (TPSA) is 71.1 Å². The van der Waals surface area contributed by atoms with E-state index in [9.17, 15) is 9.59 Å². The van der Waals surface area contributed by atoms with Crippen LogP contribution < -0.4 is 9.47 Å². The molecule has 1 aliphatic rings. The van der Waals surface area contributed by atoms with E-state index in [0.717, 1.165) is 38.0 Å². The third kappa shape index (κ3) is 7.40. The maximum absolute atomic E-state index is 12.4. The van der Waals surface area contributed by atoms with Crippen LogP contribution in [0.15, 0.2) is 48.5 Å². The average molecular weight is 427 g/mol. The zero-order chi connectivity index (χ0) is 21.9. The Labute approximate surface area is 183 Å². The van der Waals surface area contributed by atoms with Crippen LogP contribution in [0.2, 0.25) is 0 Å². The highest BCUT2D eigenvalue weighted by molar-refractivity contribution is 5.92. The monoisotopic (exact) mass is 426 g/mol. The van der Waals surface area contributed by atoms with Crippen LogP contribution in [0.25, 0.3) is 0 Å². The van der Waals surface area contributed by atoms with Crippen molar-refractivity contribution in [3.8, 4) is 11.5 Å². The van der Waals surface area contributed by atoms with Gasteiger partial charge in [0.2, 0.25) is 0 Å². The summed E-state index contributed by atoms with van der Waals surface area (Å²) in [4.78, 5) is 24.5. The molecule has 0 aliphatic carbocycles. The number of rotatable bonds is 11. The molecule has 0 saturated carbocycles. The van der Waals surface area contributed by atoms with E-state index in [1.54, 1.807) is 48.5 Å². The van der Waals surface area contributed by atoms with Gasteiger partial charge in [0.05, 0.1) is 23.8 Å². The number of hydrogen-bond donors (Lipinski definition) is 0. The lowest BCUT2D eigenvalue weighted by Crippen LogP contribution is -2.17. The molecule has 6 nitrogen and oxygen atoms in total. The van der Waals surface area contributed by atoms with Gasteiger partial charge in [0, 0.05) is 6.61 Å². The number of carbonyl (C=O) groups excluding carboxylic acids is 2. The van der Waals surface area contributed by atoms with E-state index in [1.807, 2.05) is 0 Å². The van der Waals surface area contributed by atoms with E-state index in [0.29, 0.717) is 23.5 Å². The van der Waals surface area contributed by atoms with E-state index in [-0.39, 0.29) is 12.7 Å². The molecule has 166 valence electrons. The zero-order valence-corrected chi connectivity index (χ0v) is 18.0. The third-order valence-electron chi connectivity index (χ3n) is 5.08. The molecule has 1 saturated heterocycles. The Hall–Kier alpha value is -2.86. The smallest absolute Gasteiger partial charge is 0.343 e. The summed E-state index contributed by atoms with van der Waals surface area (Å²) in [6.45, 7) is 3.83. The first-order chi connectivity index (χ1) is 15.2. The molecule has 1 heterocycles. The van der Waals surface area contributed by atoms with Gasteiger partial charge in [-0.2, -0.15) is 0 Å². The van der Waals surface area contributed by atoms with Gasteiger partial charge in [-0.25, -0.2) is 9.59 Å². The summed E-state index contributed by atoms with van der Waals surface area (Å²) in [6, 6.07) is 13.2. The molecule has 6 heteroatoms. The molecular weight excluding hydrogens is 396 g/mol.